The lowest BCUT2D eigenvalue weighted by Crippen LogP contribution is -2.03. The zero-order valence-electron chi connectivity index (χ0n) is 7.18. The van der Waals surface area contributed by atoms with Crippen molar-refractivity contribution in [1.29, 1.82) is 0 Å². The second-order valence-electron chi connectivity index (χ2n) is 2.69. The van der Waals surface area contributed by atoms with E-state index in [4.69, 9.17) is 11.6 Å². The van der Waals surface area contributed by atoms with Crippen molar-refractivity contribution in [2.45, 2.75) is 13.3 Å². The van der Waals surface area contributed by atoms with Gasteiger partial charge in [0.2, 0.25) is 0 Å². The molecule has 66 valence electrons. The third-order valence-electron chi connectivity index (χ3n) is 1.53. The summed E-state index contributed by atoms with van der Waals surface area (Å²) in [5.41, 5.74) is 1.22. The zero-order chi connectivity index (χ0) is 8.81. The number of nitrogens with one attached hydrogen (secondary N) is 1. The SMILES string of the molecule is Cc1ccnc(NCCCCl)c1. The molecule has 0 saturated carbocycles. The first kappa shape index (κ1) is 9.33. The zero-order valence-corrected chi connectivity index (χ0v) is 7.93. The third-order valence-corrected chi connectivity index (χ3v) is 1.80. The second kappa shape index (κ2) is 4.99. The molecule has 1 aromatic heterocycles. The van der Waals surface area contributed by atoms with E-state index in [2.05, 4.69) is 17.2 Å². The normalized spacial score (nSPS) is 9.83. The Morgan fingerprint density at radius 1 is 1.58 bits per heavy atom. The van der Waals surface area contributed by atoms with Crippen LogP contribution in [-0.2, 0) is 0 Å². The molecular formula is C9H13ClN2. The van der Waals surface area contributed by atoms with Gasteiger partial charge in [0.05, 0.1) is 0 Å². The van der Waals surface area contributed by atoms with Gasteiger partial charge in [0, 0.05) is 18.6 Å². The number of halogens is 1. The highest BCUT2D eigenvalue weighted by Gasteiger charge is 1.91. The van der Waals surface area contributed by atoms with Crippen molar-refractivity contribution in [3.8, 4) is 0 Å². The number of aryl methyl sites for hydroxylation is 1. The minimum absolute atomic E-state index is 0.693. The van der Waals surface area contributed by atoms with Gasteiger partial charge in [-0.05, 0) is 31.0 Å². The van der Waals surface area contributed by atoms with E-state index in [9.17, 15) is 0 Å². The summed E-state index contributed by atoms with van der Waals surface area (Å²) in [6.07, 6.45) is 2.77. The fourth-order valence-corrected chi connectivity index (χ4v) is 1.05. The van der Waals surface area contributed by atoms with Crippen molar-refractivity contribution in [2.75, 3.05) is 17.7 Å². The van der Waals surface area contributed by atoms with Crippen LogP contribution in [0.25, 0.3) is 0 Å². The van der Waals surface area contributed by atoms with E-state index in [0.717, 1.165) is 18.8 Å². The smallest absolute Gasteiger partial charge is 0.126 e. The standard InChI is InChI=1S/C9H13ClN2/c1-8-3-6-12-9(7-8)11-5-2-4-10/h3,6-7H,2,4-5H2,1H3,(H,11,12). The van der Waals surface area contributed by atoms with Crippen LogP contribution in [0.1, 0.15) is 12.0 Å². The maximum absolute atomic E-state index is 5.54. The topological polar surface area (TPSA) is 24.9 Å². The number of anilines is 1. The first-order valence-corrected chi connectivity index (χ1v) is 4.59. The van der Waals surface area contributed by atoms with Crippen LogP contribution in [0.3, 0.4) is 0 Å². The molecule has 0 atom stereocenters. The Kier molecular flexibility index (Phi) is 3.88. The van der Waals surface area contributed by atoms with Crippen LogP contribution in [0.2, 0.25) is 0 Å². The maximum atomic E-state index is 5.54. The third kappa shape index (κ3) is 3.09. The van der Waals surface area contributed by atoms with Gasteiger partial charge in [-0.15, -0.1) is 11.6 Å². The molecule has 1 heterocycles. The molecular weight excluding hydrogens is 172 g/mol. The van der Waals surface area contributed by atoms with Crippen molar-refractivity contribution >= 4 is 17.4 Å². The van der Waals surface area contributed by atoms with Gasteiger partial charge in [-0.3, -0.25) is 0 Å². The largest absolute Gasteiger partial charge is 0.370 e. The lowest BCUT2D eigenvalue weighted by Gasteiger charge is -2.03. The summed E-state index contributed by atoms with van der Waals surface area (Å²) in [5.74, 6) is 1.62. The molecule has 0 spiro atoms. The van der Waals surface area contributed by atoms with E-state index in [0.29, 0.717) is 5.88 Å². The predicted octanol–water partition coefficient (Wildman–Crippen LogP) is 2.43. The lowest BCUT2D eigenvalue weighted by molar-refractivity contribution is 0.975. The average molecular weight is 185 g/mol. The number of hydrogen-bond acceptors (Lipinski definition) is 2. The van der Waals surface area contributed by atoms with Gasteiger partial charge in [0.1, 0.15) is 5.82 Å². The molecule has 2 nitrogen and oxygen atoms in total. The van der Waals surface area contributed by atoms with E-state index in [1.165, 1.54) is 5.56 Å². The predicted molar refractivity (Wildman–Crippen MR) is 52.8 cm³/mol. The molecule has 0 saturated heterocycles. The number of hydrogen-bond donors (Lipinski definition) is 1. The summed E-state index contributed by atoms with van der Waals surface area (Å²) in [5, 5.41) is 3.19. The van der Waals surface area contributed by atoms with E-state index < -0.39 is 0 Å². The number of nitrogens with zero attached hydrogens (tertiary/aromatic N) is 1. The van der Waals surface area contributed by atoms with Gasteiger partial charge < -0.3 is 5.32 Å². The van der Waals surface area contributed by atoms with Crippen molar-refractivity contribution < 1.29 is 0 Å². The first-order chi connectivity index (χ1) is 5.83. The Labute approximate surface area is 78.0 Å². The second-order valence-corrected chi connectivity index (χ2v) is 3.07. The van der Waals surface area contributed by atoms with Crippen LogP contribution < -0.4 is 5.32 Å². The van der Waals surface area contributed by atoms with Gasteiger partial charge in [0.25, 0.3) is 0 Å². The van der Waals surface area contributed by atoms with E-state index >= 15 is 0 Å². The van der Waals surface area contributed by atoms with Gasteiger partial charge in [-0.1, -0.05) is 0 Å². The molecule has 0 fully saturated rings. The summed E-state index contributed by atoms with van der Waals surface area (Å²) in [6.45, 7) is 2.94. The molecule has 12 heavy (non-hydrogen) atoms. The van der Waals surface area contributed by atoms with E-state index in [-0.39, 0.29) is 0 Å². The van der Waals surface area contributed by atoms with Gasteiger partial charge in [-0.2, -0.15) is 0 Å². The highest BCUT2D eigenvalue weighted by molar-refractivity contribution is 6.17. The van der Waals surface area contributed by atoms with Gasteiger partial charge in [-0.25, -0.2) is 4.98 Å². The molecule has 0 aromatic carbocycles. The number of alkyl halides is 1. The first-order valence-electron chi connectivity index (χ1n) is 4.05. The molecule has 3 heteroatoms. The van der Waals surface area contributed by atoms with Crippen molar-refractivity contribution in [2.24, 2.45) is 0 Å². The summed E-state index contributed by atoms with van der Waals surface area (Å²) in [7, 11) is 0. The van der Waals surface area contributed by atoms with E-state index in [1.54, 1.807) is 6.20 Å². The molecule has 0 aliphatic carbocycles. The fraction of sp³-hybridized carbons (Fsp3) is 0.444. The quantitative estimate of drug-likeness (QED) is 0.575. The molecule has 0 bridgehead atoms. The Morgan fingerprint density at radius 3 is 3.08 bits per heavy atom. The van der Waals surface area contributed by atoms with Crippen LogP contribution in [0, 0.1) is 6.92 Å². The number of pyridine rings is 1. The molecule has 0 amide bonds. The van der Waals surface area contributed by atoms with Crippen LogP contribution in [0.4, 0.5) is 5.82 Å². The summed E-state index contributed by atoms with van der Waals surface area (Å²) < 4.78 is 0. The number of aromatic nitrogens is 1. The molecule has 1 N–H and O–H groups in total. The highest BCUT2D eigenvalue weighted by Crippen LogP contribution is 2.04. The molecule has 1 rings (SSSR count). The van der Waals surface area contributed by atoms with Gasteiger partial charge in [0.15, 0.2) is 0 Å². The highest BCUT2D eigenvalue weighted by atomic mass is 35.5. The van der Waals surface area contributed by atoms with E-state index in [1.807, 2.05) is 12.1 Å². The minimum atomic E-state index is 0.693. The lowest BCUT2D eigenvalue weighted by atomic mass is 10.3. The minimum Gasteiger partial charge on any atom is -0.370 e. The summed E-state index contributed by atoms with van der Waals surface area (Å²) in [6, 6.07) is 4.00. The fourth-order valence-electron chi connectivity index (χ4n) is 0.916. The van der Waals surface area contributed by atoms with Crippen LogP contribution in [0.15, 0.2) is 18.3 Å². The molecule has 0 radical (unpaired) electrons. The van der Waals surface area contributed by atoms with Crippen LogP contribution in [0.5, 0.6) is 0 Å². The van der Waals surface area contributed by atoms with Crippen LogP contribution >= 0.6 is 11.6 Å². The van der Waals surface area contributed by atoms with Crippen molar-refractivity contribution in [3.05, 3.63) is 23.9 Å². The van der Waals surface area contributed by atoms with Crippen LogP contribution in [-0.4, -0.2) is 17.4 Å². The van der Waals surface area contributed by atoms with Crippen molar-refractivity contribution in [1.82, 2.24) is 4.98 Å². The Balaban J connectivity index is 2.41. The number of rotatable bonds is 4. The Morgan fingerprint density at radius 2 is 2.42 bits per heavy atom. The molecule has 0 aliphatic rings. The maximum Gasteiger partial charge on any atom is 0.126 e. The van der Waals surface area contributed by atoms with Crippen molar-refractivity contribution in [3.63, 3.8) is 0 Å². The average Bonchev–Trinajstić information content (AvgIpc) is 2.05. The van der Waals surface area contributed by atoms with Gasteiger partial charge >= 0.3 is 0 Å². The summed E-state index contributed by atoms with van der Waals surface area (Å²) >= 11 is 5.54. The summed E-state index contributed by atoms with van der Waals surface area (Å²) in [4.78, 5) is 4.16. The monoisotopic (exact) mass is 184 g/mol. The molecule has 0 unspecified atom stereocenters. The molecule has 0 aliphatic heterocycles. The Hall–Kier alpha value is -0.760. The Bertz CT molecular complexity index is 238. The molecule has 1 aromatic rings.